The van der Waals surface area contributed by atoms with Crippen molar-refractivity contribution in [1.82, 2.24) is 5.43 Å². The number of carbonyl (C=O) groups is 1. The monoisotopic (exact) mass is 344 g/mol. The van der Waals surface area contributed by atoms with Gasteiger partial charge < -0.3 is 4.74 Å². The SMILES string of the molecule is CCOc1ccc(C=NNC(=O)c2ccc(-c3ccccc3)cc2)cc1. The summed E-state index contributed by atoms with van der Waals surface area (Å²) in [6, 6.07) is 25.0. The van der Waals surface area contributed by atoms with Crippen molar-refractivity contribution in [3.05, 3.63) is 90.0 Å². The van der Waals surface area contributed by atoms with Crippen molar-refractivity contribution < 1.29 is 9.53 Å². The van der Waals surface area contributed by atoms with E-state index in [0.717, 1.165) is 22.4 Å². The summed E-state index contributed by atoms with van der Waals surface area (Å²) in [5, 5.41) is 4.01. The molecule has 0 saturated heterocycles. The van der Waals surface area contributed by atoms with Crippen LogP contribution in [-0.4, -0.2) is 18.7 Å². The first-order chi connectivity index (χ1) is 12.8. The number of nitrogens with zero attached hydrogens (tertiary/aromatic N) is 1. The zero-order valence-electron chi connectivity index (χ0n) is 14.6. The Bertz CT molecular complexity index is 870. The number of amides is 1. The first-order valence-electron chi connectivity index (χ1n) is 8.48. The molecule has 0 aliphatic carbocycles. The minimum absolute atomic E-state index is 0.244. The van der Waals surface area contributed by atoms with E-state index in [-0.39, 0.29) is 5.91 Å². The number of hydrazone groups is 1. The van der Waals surface area contributed by atoms with Gasteiger partial charge in [-0.3, -0.25) is 4.79 Å². The fourth-order valence-electron chi connectivity index (χ4n) is 2.49. The number of ether oxygens (including phenoxy) is 1. The molecule has 0 unspecified atom stereocenters. The molecule has 4 nitrogen and oxygen atoms in total. The van der Waals surface area contributed by atoms with Gasteiger partial charge in [0.2, 0.25) is 0 Å². The smallest absolute Gasteiger partial charge is 0.271 e. The maximum atomic E-state index is 12.2. The van der Waals surface area contributed by atoms with Gasteiger partial charge in [0.05, 0.1) is 12.8 Å². The first kappa shape index (κ1) is 17.4. The van der Waals surface area contributed by atoms with E-state index in [1.807, 2.05) is 73.7 Å². The Morgan fingerprint density at radius 3 is 2.23 bits per heavy atom. The molecule has 3 rings (SSSR count). The van der Waals surface area contributed by atoms with Crippen LogP contribution in [0.3, 0.4) is 0 Å². The van der Waals surface area contributed by atoms with Gasteiger partial charge in [0.15, 0.2) is 0 Å². The standard InChI is InChI=1S/C22H20N2O2/c1-2-26-21-14-8-17(9-15-21)16-23-24-22(25)20-12-10-19(11-13-20)18-6-4-3-5-7-18/h3-16H,2H2,1H3,(H,24,25). The highest BCUT2D eigenvalue weighted by molar-refractivity contribution is 5.95. The normalized spacial score (nSPS) is 10.7. The maximum absolute atomic E-state index is 12.2. The fraction of sp³-hybridized carbons (Fsp3) is 0.0909. The van der Waals surface area contributed by atoms with Crippen molar-refractivity contribution in [3.8, 4) is 16.9 Å². The second-order valence-electron chi connectivity index (χ2n) is 5.64. The number of benzene rings is 3. The van der Waals surface area contributed by atoms with Gasteiger partial charge in [-0.1, -0.05) is 42.5 Å². The lowest BCUT2D eigenvalue weighted by molar-refractivity contribution is 0.0955. The molecule has 3 aromatic carbocycles. The van der Waals surface area contributed by atoms with E-state index in [1.165, 1.54) is 0 Å². The van der Waals surface area contributed by atoms with Crippen LogP contribution in [0.2, 0.25) is 0 Å². The van der Waals surface area contributed by atoms with Gasteiger partial charge >= 0.3 is 0 Å². The summed E-state index contributed by atoms with van der Waals surface area (Å²) in [6.45, 7) is 2.57. The highest BCUT2D eigenvalue weighted by atomic mass is 16.5. The van der Waals surface area contributed by atoms with Crippen LogP contribution in [0.5, 0.6) is 5.75 Å². The van der Waals surface area contributed by atoms with Gasteiger partial charge in [0, 0.05) is 5.56 Å². The Kier molecular flexibility index (Phi) is 5.78. The second kappa shape index (κ2) is 8.62. The molecule has 4 heteroatoms. The van der Waals surface area contributed by atoms with E-state index in [0.29, 0.717) is 12.2 Å². The number of hydrogen-bond donors (Lipinski definition) is 1. The molecule has 0 spiro atoms. The van der Waals surface area contributed by atoms with Crippen LogP contribution in [0, 0.1) is 0 Å². The lowest BCUT2D eigenvalue weighted by Crippen LogP contribution is -2.17. The Hall–Kier alpha value is -3.40. The quantitative estimate of drug-likeness (QED) is 0.528. The van der Waals surface area contributed by atoms with Crippen molar-refractivity contribution in [3.63, 3.8) is 0 Å². The Labute approximate surface area is 153 Å². The third-order valence-electron chi connectivity index (χ3n) is 3.83. The van der Waals surface area contributed by atoms with E-state index in [1.54, 1.807) is 18.3 Å². The van der Waals surface area contributed by atoms with E-state index >= 15 is 0 Å². The molecule has 0 atom stereocenters. The van der Waals surface area contributed by atoms with Gasteiger partial charge in [0.1, 0.15) is 5.75 Å². The maximum Gasteiger partial charge on any atom is 0.271 e. The summed E-state index contributed by atoms with van der Waals surface area (Å²) in [5.74, 6) is 0.569. The van der Waals surface area contributed by atoms with E-state index < -0.39 is 0 Å². The molecule has 130 valence electrons. The molecular formula is C22H20N2O2. The van der Waals surface area contributed by atoms with Gasteiger partial charge in [0.25, 0.3) is 5.91 Å². The van der Waals surface area contributed by atoms with Crippen LogP contribution in [0.4, 0.5) is 0 Å². The van der Waals surface area contributed by atoms with Crippen molar-refractivity contribution >= 4 is 12.1 Å². The fourth-order valence-corrected chi connectivity index (χ4v) is 2.49. The number of carbonyl (C=O) groups excluding carboxylic acids is 1. The van der Waals surface area contributed by atoms with Gasteiger partial charge in [-0.25, -0.2) is 5.43 Å². The summed E-state index contributed by atoms with van der Waals surface area (Å²) in [6.07, 6.45) is 1.60. The van der Waals surface area contributed by atoms with Crippen LogP contribution in [0.25, 0.3) is 11.1 Å². The summed E-state index contributed by atoms with van der Waals surface area (Å²) in [7, 11) is 0. The first-order valence-corrected chi connectivity index (χ1v) is 8.48. The zero-order valence-corrected chi connectivity index (χ0v) is 14.6. The summed E-state index contributed by atoms with van der Waals surface area (Å²) < 4.78 is 5.39. The molecule has 0 fully saturated rings. The van der Waals surface area contributed by atoms with Crippen molar-refractivity contribution in [2.75, 3.05) is 6.61 Å². The van der Waals surface area contributed by atoms with Crippen LogP contribution in [0.1, 0.15) is 22.8 Å². The number of nitrogens with one attached hydrogen (secondary N) is 1. The predicted molar refractivity (Wildman–Crippen MR) is 105 cm³/mol. The topological polar surface area (TPSA) is 50.7 Å². The molecule has 1 amide bonds. The van der Waals surface area contributed by atoms with Gasteiger partial charge in [-0.2, -0.15) is 5.10 Å². The Morgan fingerprint density at radius 1 is 0.923 bits per heavy atom. The molecule has 0 aliphatic heterocycles. The lowest BCUT2D eigenvalue weighted by atomic mass is 10.0. The molecule has 0 bridgehead atoms. The minimum Gasteiger partial charge on any atom is -0.494 e. The van der Waals surface area contributed by atoms with Crippen LogP contribution >= 0.6 is 0 Å². The van der Waals surface area contributed by atoms with Gasteiger partial charge in [-0.05, 0) is 60.0 Å². The molecule has 3 aromatic rings. The third-order valence-corrected chi connectivity index (χ3v) is 3.83. The minimum atomic E-state index is -0.244. The van der Waals surface area contributed by atoms with E-state index in [9.17, 15) is 4.79 Å². The highest BCUT2D eigenvalue weighted by Gasteiger charge is 2.04. The summed E-state index contributed by atoms with van der Waals surface area (Å²) in [5.41, 5.74) is 6.18. The molecule has 0 aromatic heterocycles. The number of hydrogen-bond acceptors (Lipinski definition) is 3. The molecule has 0 aliphatic rings. The van der Waals surface area contributed by atoms with Gasteiger partial charge in [-0.15, -0.1) is 0 Å². The molecular weight excluding hydrogens is 324 g/mol. The van der Waals surface area contributed by atoms with Crippen LogP contribution < -0.4 is 10.2 Å². The third kappa shape index (κ3) is 4.57. The summed E-state index contributed by atoms with van der Waals surface area (Å²) >= 11 is 0. The predicted octanol–water partition coefficient (Wildman–Crippen LogP) is 4.52. The van der Waals surface area contributed by atoms with E-state index in [4.69, 9.17) is 4.74 Å². The summed E-state index contributed by atoms with van der Waals surface area (Å²) in [4.78, 5) is 12.2. The van der Waals surface area contributed by atoms with Crippen molar-refractivity contribution in [2.45, 2.75) is 6.92 Å². The van der Waals surface area contributed by atoms with Crippen LogP contribution in [-0.2, 0) is 0 Å². The van der Waals surface area contributed by atoms with Crippen molar-refractivity contribution in [2.24, 2.45) is 5.10 Å². The molecule has 0 saturated carbocycles. The van der Waals surface area contributed by atoms with Crippen LogP contribution in [0.15, 0.2) is 84.0 Å². The molecule has 1 N–H and O–H groups in total. The molecule has 26 heavy (non-hydrogen) atoms. The molecule has 0 heterocycles. The van der Waals surface area contributed by atoms with Crippen molar-refractivity contribution in [1.29, 1.82) is 0 Å². The lowest BCUT2D eigenvalue weighted by Gasteiger charge is -2.04. The highest BCUT2D eigenvalue weighted by Crippen LogP contribution is 2.19. The average Bonchev–Trinajstić information content (AvgIpc) is 2.70. The number of rotatable bonds is 6. The largest absolute Gasteiger partial charge is 0.494 e. The second-order valence-corrected chi connectivity index (χ2v) is 5.64. The molecule has 0 radical (unpaired) electrons. The average molecular weight is 344 g/mol. The van der Waals surface area contributed by atoms with E-state index in [2.05, 4.69) is 10.5 Å². The Balaban J connectivity index is 1.59. The zero-order chi connectivity index (χ0) is 18.2. The Morgan fingerprint density at radius 2 is 1.58 bits per heavy atom.